The van der Waals surface area contributed by atoms with Crippen LogP contribution in [-0.2, 0) is 6.54 Å². The summed E-state index contributed by atoms with van der Waals surface area (Å²) >= 11 is 0. The Bertz CT molecular complexity index is 382. The van der Waals surface area contributed by atoms with Crippen LogP contribution in [0.1, 0.15) is 5.56 Å². The largest absolute Gasteiger partial charge is 0.425 e. The van der Waals surface area contributed by atoms with Crippen molar-refractivity contribution < 1.29 is 4.42 Å². The highest BCUT2D eigenvalue weighted by Crippen LogP contribution is 2.10. The molecule has 0 aromatic carbocycles. The van der Waals surface area contributed by atoms with Crippen molar-refractivity contribution in [1.29, 1.82) is 0 Å². The zero-order valence-electron chi connectivity index (χ0n) is 6.74. The van der Waals surface area contributed by atoms with E-state index in [-0.39, 0.29) is 0 Å². The molecule has 0 atom stereocenters. The molecule has 1 N–H and O–H groups in total. The first-order valence-electron chi connectivity index (χ1n) is 3.73. The van der Waals surface area contributed by atoms with Gasteiger partial charge in [0.25, 0.3) is 0 Å². The van der Waals surface area contributed by atoms with Crippen molar-refractivity contribution in [2.75, 3.05) is 7.05 Å². The Morgan fingerprint density at radius 1 is 1.50 bits per heavy atom. The second-order valence-electron chi connectivity index (χ2n) is 2.55. The molecule has 0 radical (unpaired) electrons. The van der Waals surface area contributed by atoms with Gasteiger partial charge in [-0.1, -0.05) is 0 Å². The average Bonchev–Trinajstić information content (AvgIpc) is 2.51. The Kier molecular flexibility index (Phi) is 1.75. The van der Waals surface area contributed by atoms with Gasteiger partial charge in [-0.2, -0.15) is 0 Å². The molecule has 4 heteroatoms. The van der Waals surface area contributed by atoms with Gasteiger partial charge in [0, 0.05) is 12.7 Å². The van der Waals surface area contributed by atoms with Gasteiger partial charge in [0.15, 0.2) is 6.39 Å². The summed E-state index contributed by atoms with van der Waals surface area (Å²) in [5.41, 5.74) is 2.51. The van der Waals surface area contributed by atoms with Gasteiger partial charge < -0.3 is 9.73 Å². The molecule has 4 nitrogen and oxygen atoms in total. The van der Waals surface area contributed by atoms with Crippen LogP contribution in [0.3, 0.4) is 0 Å². The van der Waals surface area contributed by atoms with Gasteiger partial charge in [-0.25, -0.2) is 9.97 Å². The molecule has 2 aromatic heterocycles. The summed E-state index contributed by atoms with van der Waals surface area (Å²) < 4.78 is 5.01. The Balaban J connectivity index is 2.46. The molecule has 2 rings (SSSR count). The number of rotatable bonds is 2. The van der Waals surface area contributed by atoms with Gasteiger partial charge in [-0.05, 0) is 18.7 Å². The summed E-state index contributed by atoms with van der Waals surface area (Å²) in [6, 6.07) is 1.96. The second kappa shape index (κ2) is 2.91. The first-order chi connectivity index (χ1) is 5.90. The van der Waals surface area contributed by atoms with Crippen molar-refractivity contribution in [1.82, 2.24) is 15.3 Å². The number of nitrogens with zero attached hydrogens (tertiary/aromatic N) is 2. The van der Waals surface area contributed by atoms with Crippen LogP contribution in [0.15, 0.2) is 23.1 Å². The Morgan fingerprint density at radius 2 is 2.42 bits per heavy atom. The molecule has 0 amide bonds. The fourth-order valence-electron chi connectivity index (χ4n) is 1.10. The van der Waals surface area contributed by atoms with E-state index in [9.17, 15) is 0 Å². The first-order valence-corrected chi connectivity index (χ1v) is 3.73. The lowest BCUT2D eigenvalue weighted by Crippen LogP contribution is -2.04. The van der Waals surface area contributed by atoms with E-state index in [1.54, 1.807) is 6.20 Å². The summed E-state index contributed by atoms with van der Waals surface area (Å²) in [7, 11) is 1.90. The van der Waals surface area contributed by atoms with Crippen LogP contribution in [0.5, 0.6) is 0 Å². The van der Waals surface area contributed by atoms with Gasteiger partial charge >= 0.3 is 0 Å². The Morgan fingerprint density at radius 3 is 3.25 bits per heavy atom. The van der Waals surface area contributed by atoms with Crippen molar-refractivity contribution in [2.24, 2.45) is 0 Å². The minimum absolute atomic E-state index is 0.592. The van der Waals surface area contributed by atoms with E-state index in [0.717, 1.165) is 17.6 Å². The predicted octanol–water partition coefficient (Wildman–Crippen LogP) is 0.942. The molecule has 0 spiro atoms. The van der Waals surface area contributed by atoms with Crippen LogP contribution in [-0.4, -0.2) is 17.0 Å². The number of hydrogen-bond acceptors (Lipinski definition) is 4. The molecule has 62 valence electrons. The highest BCUT2D eigenvalue weighted by atomic mass is 16.3. The van der Waals surface area contributed by atoms with Crippen molar-refractivity contribution >= 4 is 11.2 Å². The Hall–Kier alpha value is -1.42. The zero-order valence-corrected chi connectivity index (χ0v) is 6.74. The second-order valence-corrected chi connectivity index (χ2v) is 2.55. The molecule has 0 saturated heterocycles. The molecule has 2 heterocycles. The van der Waals surface area contributed by atoms with Gasteiger partial charge in [-0.3, -0.25) is 0 Å². The van der Waals surface area contributed by atoms with Crippen molar-refractivity contribution in [3.8, 4) is 0 Å². The van der Waals surface area contributed by atoms with Crippen LogP contribution < -0.4 is 5.32 Å². The molecule has 0 aliphatic carbocycles. The monoisotopic (exact) mass is 163 g/mol. The van der Waals surface area contributed by atoms with Gasteiger partial charge in [0.05, 0.1) is 0 Å². The summed E-state index contributed by atoms with van der Waals surface area (Å²) in [5.74, 6) is 0. The number of nitrogens with one attached hydrogen (secondary N) is 1. The van der Waals surface area contributed by atoms with Crippen molar-refractivity contribution in [2.45, 2.75) is 6.54 Å². The lowest BCUT2D eigenvalue weighted by atomic mass is 10.3. The highest BCUT2D eigenvalue weighted by Gasteiger charge is 1.99. The smallest absolute Gasteiger partial charge is 0.246 e. The molecule has 0 bridgehead atoms. The Labute approximate surface area is 69.6 Å². The van der Waals surface area contributed by atoms with E-state index in [4.69, 9.17) is 4.42 Å². The summed E-state index contributed by atoms with van der Waals surface area (Å²) in [6.45, 7) is 0.801. The molecule has 0 aliphatic rings. The molecule has 12 heavy (non-hydrogen) atoms. The molecule has 0 fully saturated rings. The third-order valence-electron chi connectivity index (χ3n) is 1.63. The number of hydrogen-bond donors (Lipinski definition) is 1. The molecule has 0 aliphatic heterocycles. The third kappa shape index (κ3) is 1.16. The quantitative estimate of drug-likeness (QED) is 0.715. The number of oxazole rings is 1. The van der Waals surface area contributed by atoms with E-state index in [1.165, 1.54) is 6.39 Å². The number of pyridine rings is 1. The normalized spacial score (nSPS) is 10.8. The highest BCUT2D eigenvalue weighted by molar-refractivity contribution is 5.67. The van der Waals surface area contributed by atoms with E-state index < -0.39 is 0 Å². The van der Waals surface area contributed by atoms with E-state index >= 15 is 0 Å². The van der Waals surface area contributed by atoms with Crippen LogP contribution in [0, 0.1) is 0 Å². The average molecular weight is 163 g/mol. The lowest BCUT2D eigenvalue weighted by molar-refractivity contribution is 0.590. The van der Waals surface area contributed by atoms with Crippen LogP contribution in [0.4, 0.5) is 0 Å². The molecule has 0 unspecified atom stereocenters. The van der Waals surface area contributed by atoms with Gasteiger partial charge in [-0.15, -0.1) is 0 Å². The maximum atomic E-state index is 5.01. The SMILES string of the molecule is CNCc1cnc2ocnc2c1. The lowest BCUT2D eigenvalue weighted by Gasteiger charge is -1.96. The molecule has 0 saturated carbocycles. The number of aromatic nitrogens is 2. The molecule has 2 aromatic rings. The first kappa shape index (κ1) is 7.24. The summed E-state index contributed by atoms with van der Waals surface area (Å²) in [5, 5.41) is 3.04. The van der Waals surface area contributed by atoms with Gasteiger partial charge in [0.1, 0.15) is 5.52 Å². The third-order valence-corrected chi connectivity index (χ3v) is 1.63. The van der Waals surface area contributed by atoms with Crippen molar-refractivity contribution in [3.05, 3.63) is 24.2 Å². The molecular formula is C8H9N3O. The van der Waals surface area contributed by atoms with Crippen LogP contribution in [0.25, 0.3) is 11.2 Å². The summed E-state index contributed by atoms with van der Waals surface area (Å²) in [4.78, 5) is 8.10. The standard InChI is InChI=1S/C8H9N3O/c1-9-3-6-2-7-8(10-4-6)12-5-11-7/h2,4-5,9H,3H2,1H3. The zero-order chi connectivity index (χ0) is 8.39. The topological polar surface area (TPSA) is 51.0 Å². The number of fused-ring (bicyclic) bond motifs is 1. The maximum Gasteiger partial charge on any atom is 0.246 e. The van der Waals surface area contributed by atoms with Gasteiger partial charge in [0.2, 0.25) is 5.71 Å². The van der Waals surface area contributed by atoms with Crippen LogP contribution in [0.2, 0.25) is 0 Å². The molecular weight excluding hydrogens is 154 g/mol. The van der Waals surface area contributed by atoms with E-state index in [2.05, 4.69) is 15.3 Å². The minimum atomic E-state index is 0.592. The fourth-order valence-corrected chi connectivity index (χ4v) is 1.10. The van der Waals surface area contributed by atoms with E-state index in [0.29, 0.717) is 5.71 Å². The maximum absolute atomic E-state index is 5.01. The summed E-state index contributed by atoms with van der Waals surface area (Å²) in [6.07, 6.45) is 3.19. The fraction of sp³-hybridized carbons (Fsp3) is 0.250. The minimum Gasteiger partial charge on any atom is -0.425 e. The van der Waals surface area contributed by atoms with Crippen LogP contribution >= 0.6 is 0 Å². The van der Waals surface area contributed by atoms with E-state index in [1.807, 2.05) is 13.1 Å². The predicted molar refractivity (Wildman–Crippen MR) is 44.6 cm³/mol. The van der Waals surface area contributed by atoms with Crippen molar-refractivity contribution in [3.63, 3.8) is 0 Å².